The lowest BCUT2D eigenvalue weighted by molar-refractivity contribution is 0.0598. The number of carbonyl (C=O) groups is 2. The largest absolute Gasteiger partial charge is 0.465 e. The number of anilines is 1. The van der Waals surface area contributed by atoms with Crippen molar-refractivity contribution in [1.82, 2.24) is 4.98 Å². The second-order valence-corrected chi connectivity index (χ2v) is 9.67. The zero-order chi connectivity index (χ0) is 23.6. The van der Waals surface area contributed by atoms with E-state index in [2.05, 4.69) is 10.3 Å². The summed E-state index contributed by atoms with van der Waals surface area (Å²) >= 11 is 0. The van der Waals surface area contributed by atoms with E-state index in [0.717, 1.165) is 35.0 Å². The fourth-order valence-electron chi connectivity index (χ4n) is 4.72. The minimum Gasteiger partial charge on any atom is -0.465 e. The molecule has 0 saturated heterocycles. The van der Waals surface area contributed by atoms with Gasteiger partial charge in [-0.3, -0.25) is 5.32 Å². The fraction of sp³-hybridized carbons (Fsp3) is 0.407. The average molecular weight is 449 g/mol. The Hall–Kier alpha value is -3.28. The van der Waals surface area contributed by atoms with Crippen LogP contribution in [-0.4, -0.2) is 29.8 Å². The normalized spacial score (nSPS) is 14.8. The maximum Gasteiger partial charge on any atom is 0.412 e. The number of rotatable bonds is 4. The van der Waals surface area contributed by atoms with Crippen LogP contribution < -0.4 is 5.32 Å². The lowest BCUT2D eigenvalue weighted by Crippen LogP contribution is -2.27. The van der Waals surface area contributed by atoms with Crippen molar-refractivity contribution >= 4 is 28.7 Å². The minimum absolute atomic E-state index is 0.362. The molecular weight excluding hydrogens is 416 g/mol. The molecule has 0 bridgehead atoms. The van der Waals surface area contributed by atoms with Gasteiger partial charge in [-0.2, -0.15) is 0 Å². The third-order valence-electron chi connectivity index (χ3n) is 6.11. The van der Waals surface area contributed by atoms with Gasteiger partial charge in [0.05, 0.1) is 24.1 Å². The molecule has 1 heterocycles. The molecule has 0 atom stereocenters. The number of ether oxygens (including phenoxy) is 2. The summed E-state index contributed by atoms with van der Waals surface area (Å²) < 4.78 is 10.4. The van der Waals surface area contributed by atoms with Gasteiger partial charge >= 0.3 is 12.1 Å². The highest BCUT2D eigenvalue weighted by atomic mass is 16.6. The van der Waals surface area contributed by atoms with Crippen LogP contribution in [0.3, 0.4) is 0 Å². The van der Waals surface area contributed by atoms with Crippen LogP contribution in [0.15, 0.2) is 42.5 Å². The minimum atomic E-state index is -0.586. The quantitative estimate of drug-likeness (QED) is 0.420. The summed E-state index contributed by atoms with van der Waals surface area (Å²) in [6.45, 7) is 5.53. The molecule has 6 heteroatoms. The van der Waals surface area contributed by atoms with E-state index >= 15 is 0 Å². The summed E-state index contributed by atoms with van der Waals surface area (Å²) in [7, 11) is 1.39. The van der Waals surface area contributed by atoms with Gasteiger partial charge in [-0.25, -0.2) is 9.59 Å². The Balaban J connectivity index is 1.83. The SMILES string of the molecule is COC(=O)c1ccc2c(C3CCCCC3)c(-c3ccccc3NC(=O)OC(C)(C)C)[nH]c2c1. The maximum atomic E-state index is 12.5. The number of amides is 1. The number of hydrogen-bond acceptors (Lipinski definition) is 4. The standard InChI is InChI=1S/C27H32N2O4/c1-27(2,3)33-26(31)29-21-13-9-8-12-20(21)24-23(17-10-6-5-7-11-17)19-15-14-18(25(30)32-4)16-22(19)28-24/h8-9,12-17,28H,5-7,10-11H2,1-4H3,(H,29,31). The molecule has 1 aliphatic rings. The van der Waals surface area contributed by atoms with Crippen LogP contribution in [0.4, 0.5) is 10.5 Å². The Morgan fingerprint density at radius 3 is 2.45 bits per heavy atom. The topological polar surface area (TPSA) is 80.4 Å². The second kappa shape index (κ2) is 9.30. The molecule has 1 saturated carbocycles. The smallest absolute Gasteiger partial charge is 0.412 e. The van der Waals surface area contributed by atoms with E-state index in [1.165, 1.54) is 31.9 Å². The predicted octanol–water partition coefficient (Wildman–Crippen LogP) is 7.02. The number of methoxy groups -OCH3 is 1. The molecule has 6 nitrogen and oxygen atoms in total. The first-order valence-corrected chi connectivity index (χ1v) is 11.6. The van der Waals surface area contributed by atoms with Gasteiger partial charge in [-0.1, -0.05) is 43.5 Å². The van der Waals surface area contributed by atoms with E-state index in [4.69, 9.17) is 9.47 Å². The van der Waals surface area contributed by atoms with Crippen molar-refractivity contribution in [2.75, 3.05) is 12.4 Å². The van der Waals surface area contributed by atoms with Crippen LogP contribution in [0.1, 0.15) is 74.7 Å². The zero-order valence-electron chi connectivity index (χ0n) is 19.8. The van der Waals surface area contributed by atoms with Crippen molar-refractivity contribution in [2.24, 2.45) is 0 Å². The summed E-state index contributed by atoms with van der Waals surface area (Å²) in [6.07, 6.45) is 5.43. The molecule has 0 unspecified atom stereocenters. The van der Waals surface area contributed by atoms with E-state index in [1.54, 1.807) is 0 Å². The van der Waals surface area contributed by atoms with Crippen LogP contribution in [0.2, 0.25) is 0 Å². The number of hydrogen-bond donors (Lipinski definition) is 2. The van der Waals surface area contributed by atoms with Gasteiger partial charge in [-0.05, 0) is 63.3 Å². The Morgan fingerprint density at radius 2 is 1.76 bits per heavy atom. The highest BCUT2D eigenvalue weighted by molar-refractivity contribution is 6.00. The van der Waals surface area contributed by atoms with Gasteiger partial charge in [-0.15, -0.1) is 0 Å². The number of carbonyl (C=O) groups excluding carboxylic acids is 2. The van der Waals surface area contributed by atoms with E-state index < -0.39 is 11.7 Å². The van der Waals surface area contributed by atoms with Crippen molar-refractivity contribution in [1.29, 1.82) is 0 Å². The van der Waals surface area contributed by atoms with Gasteiger partial charge in [0.25, 0.3) is 0 Å². The zero-order valence-corrected chi connectivity index (χ0v) is 19.8. The number of aromatic amines is 1. The lowest BCUT2D eigenvalue weighted by Gasteiger charge is -2.24. The third kappa shape index (κ3) is 5.05. The predicted molar refractivity (Wildman–Crippen MR) is 131 cm³/mol. The molecule has 2 aromatic carbocycles. The number of H-pyrrole nitrogens is 1. The molecule has 174 valence electrons. The van der Waals surface area contributed by atoms with Gasteiger partial charge in [0.2, 0.25) is 0 Å². The van der Waals surface area contributed by atoms with Crippen molar-refractivity contribution in [3.63, 3.8) is 0 Å². The van der Waals surface area contributed by atoms with Gasteiger partial charge < -0.3 is 14.5 Å². The molecule has 1 fully saturated rings. The molecule has 3 aromatic rings. The number of nitrogens with one attached hydrogen (secondary N) is 2. The van der Waals surface area contributed by atoms with Crippen molar-refractivity contribution in [3.8, 4) is 11.3 Å². The first-order chi connectivity index (χ1) is 15.8. The van der Waals surface area contributed by atoms with Crippen LogP contribution in [-0.2, 0) is 9.47 Å². The van der Waals surface area contributed by atoms with Gasteiger partial charge in [0.15, 0.2) is 0 Å². The number of fused-ring (bicyclic) bond motifs is 1. The van der Waals surface area contributed by atoms with Crippen molar-refractivity contribution in [2.45, 2.75) is 64.4 Å². The van der Waals surface area contributed by atoms with E-state index in [1.807, 2.05) is 63.2 Å². The number of aromatic nitrogens is 1. The average Bonchev–Trinajstić information content (AvgIpc) is 3.16. The van der Waals surface area contributed by atoms with E-state index in [-0.39, 0.29) is 5.97 Å². The van der Waals surface area contributed by atoms with Gasteiger partial charge in [0.1, 0.15) is 5.60 Å². The summed E-state index contributed by atoms with van der Waals surface area (Å²) in [5.74, 6) is 0.0559. The van der Waals surface area contributed by atoms with Crippen LogP contribution in [0.25, 0.3) is 22.2 Å². The lowest BCUT2D eigenvalue weighted by atomic mass is 9.81. The van der Waals surface area contributed by atoms with Crippen LogP contribution in [0, 0.1) is 0 Å². The first kappa shape index (κ1) is 22.9. The van der Waals surface area contributed by atoms with E-state index in [0.29, 0.717) is 17.2 Å². The van der Waals surface area contributed by atoms with Crippen molar-refractivity contribution in [3.05, 3.63) is 53.6 Å². The molecule has 0 radical (unpaired) electrons. The van der Waals surface area contributed by atoms with Crippen LogP contribution in [0.5, 0.6) is 0 Å². The molecular formula is C27H32N2O4. The molecule has 2 N–H and O–H groups in total. The highest BCUT2D eigenvalue weighted by Gasteiger charge is 2.26. The second-order valence-electron chi connectivity index (χ2n) is 9.67. The Bertz CT molecular complexity index is 1170. The molecule has 0 aliphatic heterocycles. The van der Waals surface area contributed by atoms with E-state index in [9.17, 15) is 9.59 Å². The fourth-order valence-corrected chi connectivity index (χ4v) is 4.72. The molecule has 1 amide bonds. The Morgan fingerprint density at radius 1 is 1.03 bits per heavy atom. The molecule has 4 rings (SSSR count). The molecule has 1 aliphatic carbocycles. The number of para-hydroxylation sites is 1. The third-order valence-corrected chi connectivity index (χ3v) is 6.11. The van der Waals surface area contributed by atoms with Crippen molar-refractivity contribution < 1.29 is 19.1 Å². The van der Waals surface area contributed by atoms with Crippen LogP contribution >= 0.6 is 0 Å². The molecule has 33 heavy (non-hydrogen) atoms. The Kier molecular flexibility index (Phi) is 6.45. The summed E-state index contributed by atoms with van der Waals surface area (Å²) in [6, 6.07) is 13.4. The monoisotopic (exact) mass is 448 g/mol. The highest BCUT2D eigenvalue weighted by Crippen LogP contribution is 2.44. The summed E-state index contributed by atoms with van der Waals surface area (Å²) in [5, 5.41) is 4.03. The molecule has 0 spiro atoms. The number of benzene rings is 2. The first-order valence-electron chi connectivity index (χ1n) is 11.6. The molecule has 1 aromatic heterocycles. The van der Waals surface area contributed by atoms with Gasteiger partial charge in [0, 0.05) is 16.5 Å². The number of esters is 1. The Labute approximate surface area is 194 Å². The maximum absolute atomic E-state index is 12.5. The summed E-state index contributed by atoms with van der Waals surface area (Å²) in [4.78, 5) is 28.2. The summed E-state index contributed by atoms with van der Waals surface area (Å²) in [5.41, 5.74) is 4.62.